The number of hydrogen-bond donors (Lipinski definition) is 4. The third-order valence-corrected chi connectivity index (χ3v) is 10.5. The molecule has 222 valence electrons. The first kappa shape index (κ1) is 29.8. The zero-order valence-electron chi connectivity index (χ0n) is 23.7. The van der Waals surface area contributed by atoms with Gasteiger partial charge >= 0.3 is 14.8 Å². The van der Waals surface area contributed by atoms with E-state index in [9.17, 15) is 15.0 Å². The van der Waals surface area contributed by atoms with Crippen LogP contribution in [0.1, 0.15) is 54.2 Å². The Morgan fingerprint density at radius 3 is 2.02 bits per heavy atom. The zero-order chi connectivity index (χ0) is 29.9. The maximum absolute atomic E-state index is 13.3. The molecule has 0 aliphatic carbocycles. The third-order valence-electron chi connectivity index (χ3n) is 7.07. The van der Waals surface area contributed by atoms with Crippen LogP contribution in [0.5, 0.6) is 23.0 Å². The van der Waals surface area contributed by atoms with Crippen LogP contribution in [0.3, 0.4) is 0 Å². The van der Waals surface area contributed by atoms with Gasteiger partial charge in [0, 0.05) is 66.9 Å². The molecule has 0 saturated heterocycles. The maximum Gasteiger partial charge on any atom is 0.500 e. The van der Waals surface area contributed by atoms with Crippen molar-refractivity contribution in [3.8, 4) is 23.0 Å². The van der Waals surface area contributed by atoms with Crippen molar-refractivity contribution in [3.05, 3.63) is 76.9 Å². The molecule has 0 unspecified atom stereocenters. The molecule has 0 bridgehead atoms. The number of anilines is 1. The molecule has 2 heterocycles. The lowest BCUT2D eigenvalue weighted by Gasteiger charge is -2.36. The fourth-order valence-corrected chi connectivity index (χ4v) is 8.30. The Morgan fingerprint density at radius 1 is 0.881 bits per heavy atom. The summed E-state index contributed by atoms with van der Waals surface area (Å²) < 4.78 is 29.9. The molecule has 0 radical (unpaired) electrons. The monoisotopic (exact) mass is 610 g/mol. The number of rotatable bonds is 11. The van der Waals surface area contributed by atoms with E-state index in [0.29, 0.717) is 77.0 Å². The molecule has 4 N–H and O–H groups in total. The first-order valence-electron chi connectivity index (χ1n) is 13.9. The van der Waals surface area contributed by atoms with Crippen LogP contribution < -0.4 is 15.4 Å². The molecular weight excluding hydrogens is 576 g/mol. The molecule has 3 aromatic rings. The van der Waals surface area contributed by atoms with Gasteiger partial charge in [-0.2, -0.15) is 0 Å². The number of carbonyl (C=O) groups excluding carboxylic acids is 1. The number of aromatic hydroxyl groups is 2. The fraction of sp³-hybridized carbons (Fsp3) is 0.333. The highest BCUT2D eigenvalue weighted by molar-refractivity contribution is 7.80. The van der Waals surface area contributed by atoms with Crippen LogP contribution in [0.25, 0.3) is 0 Å². The Balaban J connectivity index is 1.34. The normalized spacial score (nSPS) is 14.4. The second kappa shape index (κ2) is 12.3. The SMILES string of the molecule is CCO[Si](CCCNC(=S)Nc1ccc2c(c1)C(=O)OC21c2ccc(O)cc2Oc2cc(O)ccc21)(OCC)OCC. The number of thiocarbonyl (C=S) groups is 1. The summed E-state index contributed by atoms with van der Waals surface area (Å²) in [5, 5.41) is 26.9. The van der Waals surface area contributed by atoms with Crippen molar-refractivity contribution in [1.29, 1.82) is 0 Å². The number of benzene rings is 3. The van der Waals surface area contributed by atoms with E-state index in [1.807, 2.05) is 32.9 Å². The number of phenolic OH excluding ortho intramolecular Hbond substituents is 2. The first-order valence-corrected chi connectivity index (χ1v) is 16.3. The third kappa shape index (κ3) is 5.55. The van der Waals surface area contributed by atoms with Gasteiger partial charge in [0.1, 0.15) is 23.0 Å². The van der Waals surface area contributed by atoms with Gasteiger partial charge in [-0.3, -0.25) is 0 Å². The first-order chi connectivity index (χ1) is 20.2. The van der Waals surface area contributed by atoms with Crippen molar-refractivity contribution < 1.29 is 37.8 Å². The van der Waals surface area contributed by atoms with Crippen LogP contribution in [0.4, 0.5) is 5.69 Å². The van der Waals surface area contributed by atoms with Gasteiger partial charge in [0.05, 0.1) is 5.56 Å². The molecule has 5 rings (SSSR count). The van der Waals surface area contributed by atoms with Gasteiger partial charge in [0.2, 0.25) is 0 Å². The predicted molar refractivity (Wildman–Crippen MR) is 162 cm³/mol. The van der Waals surface area contributed by atoms with Crippen molar-refractivity contribution in [1.82, 2.24) is 5.32 Å². The number of esters is 1. The van der Waals surface area contributed by atoms with Crippen LogP contribution in [0.15, 0.2) is 54.6 Å². The minimum atomic E-state index is -2.73. The molecule has 2 aliphatic heterocycles. The largest absolute Gasteiger partial charge is 0.508 e. The highest BCUT2D eigenvalue weighted by Gasteiger charge is 2.53. The van der Waals surface area contributed by atoms with E-state index >= 15 is 0 Å². The smallest absolute Gasteiger partial charge is 0.500 e. The van der Waals surface area contributed by atoms with E-state index in [0.717, 1.165) is 6.42 Å². The van der Waals surface area contributed by atoms with Gasteiger partial charge in [-0.1, -0.05) is 6.07 Å². The molecular formula is C30H34N2O8SSi. The topological polar surface area (TPSA) is 128 Å². The van der Waals surface area contributed by atoms with E-state index in [1.54, 1.807) is 18.2 Å². The van der Waals surface area contributed by atoms with E-state index in [4.69, 9.17) is 35.0 Å². The molecule has 2 aliphatic rings. The number of nitrogens with one attached hydrogen (secondary N) is 2. The Labute approximate surface area is 250 Å². The Kier molecular flexibility index (Phi) is 8.71. The molecule has 0 amide bonds. The molecule has 0 aromatic heterocycles. The van der Waals surface area contributed by atoms with Crippen molar-refractivity contribution >= 4 is 37.8 Å². The number of ether oxygens (including phenoxy) is 2. The fourth-order valence-electron chi connectivity index (χ4n) is 5.47. The standard InChI is InChI=1S/C30H34N2O8SSi/c1-4-36-42(37-5-2,38-6-3)15-7-14-31-29(41)32-19-8-11-23-22(16-19)28(35)40-30(23)24-12-9-20(33)17-26(24)39-27-18-21(34)10-13-25(27)30/h8-13,16-18,33-34H,4-7,14-15H2,1-3H3,(H2,31,32,41). The Bertz CT molecular complexity index is 1430. The van der Waals surface area contributed by atoms with Crippen LogP contribution in [0, 0.1) is 0 Å². The average molecular weight is 611 g/mol. The summed E-state index contributed by atoms with van der Waals surface area (Å²) in [7, 11) is -2.73. The van der Waals surface area contributed by atoms with Crippen LogP contribution in [-0.4, -0.2) is 56.5 Å². The summed E-state index contributed by atoms with van der Waals surface area (Å²) in [5.41, 5.74) is 1.41. The molecule has 0 fully saturated rings. The van der Waals surface area contributed by atoms with Gasteiger partial charge in [-0.05, 0) is 75.8 Å². The molecule has 3 aromatic carbocycles. The van der Waals surface area contributed by atoms with Crippen LogP contribution in [-0.2, 0) is 23.6 Å². The summed E-state index contributed by atoms with van der Waals surface area (Å²) >= 11 is 5.52. The maximum atomic E-state index is 13.3. The van der Waals surface area contributed by atoms with Gasteiger partial charge < -0.3 is 43.6 Å². The van der Waals surface area contributed by atoms with Gasteiger partial charge in [0.15, 0.2) is 10.7 Å². The summed E-state index contributed by atoms with van der Waals surface area (Å²) in [6.07, 6.45) is 0.735. The lowest BCUT2D eigenvalue weighted by atomic mass is 9.77. The molecule has 10 nitrogen and oxygen atoms in total. The molecule has 42 heavy (non-hydrogen) atoms. The van der Waals surface area contributed by atoms with Gasteiger partial charge in [0.25, 0.3) is 0 Å². The van der Waals surface area contributed by atoms with Crippen molar-refractivity contribution in [3.63, 3.8) is 0 Å². The Hall–Kier alpha value is -3.68. The molecule has 1 spiro atoms. The van der Waals surface area contributed by atoms with Crippen molar-refractivity contribution in [2.24, 2.45) is 0 Å². The lowest BCUT2D eigenvalue weighted by Crippen LogP contribution is -2.46. The average Bonchev–Trinajstić information content (AvgIpc) is 3.23. The van der Waals surface area contributed by atoms with E-state index < -0.39 is 20.4 Å². The van der Waals surface area contributed by atoms with Crippen molar-refractivity contribution in [2.45, 2.75) is 38.8 Å². The van der Waals surface area contributed by atoms with E-state index in [-0.39, 0.29) is 11.5 Å². The summed E-state index contributed by atoms with van der Waals surface area (Å²) in [5.74, 6) is 0.132. The minimum Gasteiger partial charge on any atom is -0.508 e. The highest BCUT2D eigenvalue weighted by atomic mass is 32.1. The zero-order valence-corrected chi connectivity index (χ0v) is 25.5. The second-order valence-corrected chi connectivity index (χ2v) is 12.9. The summed E-state index contributed by atoms with van der Waals surface area (Å²) in [6.45, 7) is 7.95. The van der Waals surface area contributed by atoms with E-state index in [2.05, 4.69) is 10.6 Å². The second-order valence-electron chi connectivity index (χ2n) is 9.76. The highest BCUT2D eigenvalue weighted by Crippen LogP contribution is 2.57. The number of phenols is 2. The number of fused-ring (bicyclic) bond motifs is 6. The molecule has 0 atom stereocenters. The van der Waals surface area contributed by atoms with Gasteiger partial charge in [-0.25, -0.2) is 4.79 Å². The van der Waals surface area contributed by atoms with Crippen molar-refractivity contribution in [2.75, 3.05) is 31.7 Å². The summed E-state index contributed by atoms with van der Waals surface area (Å²) in [4.78, 5) is 13.3. The van der Waals surface area contributed by atoms with E-state index in [1.165, 1.54) is 24.3 Å². The van der Waals surface area contributed by atoms with Crippen LogP contribution >= 0.6 is 12.2 Å². The number of carbonyl (C=O) groups is 1. The Morgan fingerprint density at radius 2 is 1.45 bits per heavy atom. The predicted octanol–water partition coefficient (Wildman–Crippen LogP) is 5.39. The summed E-state index contributed by atoms with van der Waals surface area (Å²) in [6, 6.07) is 15.3. The molecule has 0 saturated carbocycles. The minimum absolute atomic E-state index is 0.000637. The quantitative estimate of drug-likeness (QED) is 0.0966. The lowest BCUT2D eigenvalue weighted by molar-refractivity contribution is 0.0224. The van der Waals surface area contributed by atoms with Gasteiger partial charge in [-0.15, -0.1) is 0 Å². The van der Waals surface area contributed by atoms with Crippen LogP contribution in [0.2, 0.25) is 6.04 Å². The molecule has 12 heteroatoms. The number of hydrogen-bond acceptors (Lipinski definition) is 9.